The molecule has 1 aliphatic heterocycles. The Morgan fingerprint density at radius 3 is 2.32 bits per heavy atom. The van der Waals surface area contributed by atoms with Crippen LogP contribution in [0.3, 0.4) is 0 Å². The maximum atomic E-state index is 12.9. The van der Waals surface area contributed by atoms with E-state index in [0.717, 1.165) is 13.1 Å². The summed E-state index contributed by atoms with van der Waals surface area (Å²) in [6.45, 7) is 3.05. The van der Waals surface area contributed by atoms with Gasteiger partial charge in [-0.05, 0) is 55.7 Å². The quantitative estimate of drug-likeness (QED) is 0.753. The number of nitrogens with one attached hydrogen (secondary N) is 2. The van der Waals surface area contributed by atoms with Gasteiger partial charge in [0.25, 0.3) is 11.8 Å². The van der Waals surface area contributed by atoms with Crippen LogP contribution in [0.25, 0.3) is 0 Å². The minimum absolute atomic E-state index is 0.0528. The Hall–Kier alpha value is -2.48. The van der Waals surface area contributed by atoms with E-state index in [1.165, 1.54) is 0 Å². The van der Waals surface area contributed by atoms with E-state index in [1.54, 1.807) is 36.4 Å². The summed E-state index contributed by atoms with van der Waals surface area (Å²) in [5.41, 5.74) is 1.53. The third kappa shape index (κ3) is 5.07. The number of anilines is 1. The summed E-state index contributed by atoms with van der Waals surface area (Å²) in [5, 5.41) is 6.26. The lowest BCUT2D eigenvalue weighted by molar-refractivity contribution is 0.0665. The molecule has 3 rings (SSSR count). The third-order valence-electron chi connectivity index (χ3n) is 4.53. The summed E-state index contributed by atoms with van der Waals surface area (Å²) in [4.78, 5) is 29.2. The molecule has 0 saturated carbocycles. The largest absolute Gasteiger partial charge is 0.336 e. The van der Waals surface area contributed by atoms with E-state index in [0.29, 0.717) is 34.9 Å². The first-order chi connectivity index (χ1) is 13.4. The van der Waals surface area contributed by atoms with Gasteiger partial charge in [0.2, 0.25) is 0 Å². The van der Waals surface area contributed by atoms with Crippen molar-refractivity contribution < 1.29 is 9.59 Å². The molecular weight excluding hydrogens is 396 g/mol. The Morgan fingerprint density at radius 2 is 1.64 bits per heavy atom. The first-order valence-electron chi connectivity index (χ1n) is 8.89. The number of rotatable bonds is 3. The summed E-state index contributed by atoms with van der Waals surface area (Å²) in [5.74, 6) is -0.403. The fraction of sp³-hybridized carbons (Fsp3) is 0.250. The Balaban J connectivity index is 1.67. The van der Waals surface area contributed by atoms with E-state index in [9.17, 15) is 9.59 Å². The number of amides is 2. The van der Waals surface area contributed by atoms with Gasteiger partial charge >= 0.3 is 0 Å². The lowest BCUT2D eigenvalue weighted by Gasteiger charge is -2.32. The van der Waals surface area contributed by atoms with Crippen LogP contribution in [0.2, 0.25) is 5.02 Å². The van der Waals surface area contributed by atoms with Crippen LogP contribution in [0.15, 0.2) is 48.5 Å². The van der Waals surface area contributed by atoms with Gasteiger partial charge < -0.3 is 15.1 Å². The number of benzene rings is 2. The van der Waals surface area contributed by atoms with Crippen molar-refractivity contribution in [3.05, 3.63) is 64.7 Å². The molecule has 28 heavy (non-hydrogen) atoms. The van der Waals surface area contributed by atoms with Gasteiger partial charge in [0.1, 0.15) is 0 Å². The standard InChI is InChI=1S/C20H21ClN4O2S/c1-24-10-12-25(13-11-24)19(27)16-4-2-3-5-17(16)22-20(28)23-18(26)14-6-8-15(21)9-7-14/h2-9H,10-13H2,1H3,(H2,22,23,26,28). The van der Waals surface area contributed by atoms with E-state index in [-0.39, 0.29) is 16.9 Å². The maximum absolute atomic E-state index is 12.9. The Morgan fingerprint density at radius 1 is 1.00 bits per heavy atom. The number of nitrogens with zero attached hydrogens (tertiary/aromatic N) is 2. The average molecular weight is 417 g/mol. The molecule has 8 heteroatoms. The van der Waals surface area contributed by atoms with Gasteiger partial charge in [0.15, 0.2) is 5.11 Å². The number of halogens is 1. The molecule has 0 atom stereocenters. The van der Waals surface area contributed by atoms with E-state index in [2.05, 4.69) is 15.5 Å². The zero-order chi connectivity index (χ0) is 20.1. The second-order valence-electron chi connectivity index (χ2n) is 6.56. The summed E-state index contributed by atoms with van der Waals surface area (Å²) < 4.78 is 0. The maximum Gasteiger partial charge on any atom is 0.257 e. The van der Waals surface area contributed by atoms with Crippen LogP contribution in [0.4, 0.5) is 5.69 Å². The summed E-state index contributed by atoms with van der Waals surface area (Å²) >= 11 is 11.1. The van der Waals surface area contributed by atoms with Crippen LogP contribution in [-0.4, -0.2) is 60.0 Å². The molecule has 2 N–H and O–H groups in total. The van der Waals surface area contributed by atoms with E-state index in [4.69, 9.17) is 23.8 Å². The predicted molar refractivity (Wildman–Crippen MR) is 115 cm³/mol. The smallest absolute Gasteiger partial charge is 0.257 e. The molecule has 146 valence electrons. The second-order valence-corrected chi connectivity index (χ2v) is 7.40. The molecule has 1 aliphatic rings. The van der Waals surface area contributed by atoms with Crippen LogP contribution >= 0.6 is 23.8 Å². The molecule has 2 aromatic carbocycles. The Bertz CT molecular complexity index is 880. The molecule has 1 fully saturated rings. The molecule has 0 bridgehead atoms. The SMILES string of the molecule is CN1CCN(C(=O)c2ccccc2NC(=S)NC(=O)c2ccc(Cl)cc2)CC1. The molecule has 0 radical (unpaired) electrons. The van der Waals surface area contributed by atoms with Gasteiger partial charge in [-0.1, -0.05) is 23.7 Å². The van der Waals surface area contributed by atoms with E-state index in [1.807, 2.05) is 24.1 Å². The lowest BCUT2D eigenvalue weighted by atomic mass is 10.1. The minimum atomic E-state index is -0.350. The molecule has 0 spiro atoms. The molecule has 0 aromatic heterocycles. The van der Waals surface area contributed by atoms with Crippen molar-refractivity contribution in [1.29, 1.82) is 0 Å². The van der Waals surface area contributed by atoms with E-state index < -0.39 is 0 Å². The Kier molecular flexibility index (Phi) is 6.61. The van der Waals surface area contributed by atoms with Crippen LogP contribution in [0, 0.1) is 0 Å². The first kappa shape index (κ1) is 20.3. The fourth-order valence-corrected chi connectivity index (χ4v) is 3.22. The molecule has 1 heterocycles. The van der Waals surface area contributed by atoms with Crippen LogP contribution in [0.5, 0.6) is 0 Å². The van der Waals surface area contributed by atoms with Crippen molar-refractivity contribution in [2.75, 3.05) is 38.5 Å². The minimum Gasteiger partial charge on any atom is -0.336 e. The number of piperazine rings is 1. The van der Waals surface area contributed by atoms with Gasteiger partial charge in [-0.2, -0.15) is 0 Å². The molecule has 0 aliphatic carbocycles. The second kappa shape index (κ2) is 9.14. The van der Waals surface area contributed by atoms with Crippen molar-refractivity contribution in [2.24, 2.45) is 0 Å². The highest BCUT2D eigenvalue weighted by Gasteiger charge is 2.22. The number of para-hydroxylation sites is 1. The molecule has 2 amide bonds. The Labute approximate surface area is 174 Å². The average Bonchev–Trinajstić information content (AvgIpc) is 2.69. The number of hydrogen-bond acceptors (Lipinski definition) is 4. The molecule has 6 nitrogen and oxygen atoms in total. The van der Waals surface area contributed by atoms with Gasteiger partial charge in [-0.3, -0.25) is 14.9 Å². The van der Waals surface area contributed by atoms with Crippen molar-refractivity contribution >= 4 is 46.4 Å². The van der Waals surface area contributed by atoms with E-state index >= 15 is 0 Å². The van der Waals surface area contributed by atoms with Crippen LogP contribution in [-0.2, 0) is 0 Å². The highest BCUT2D eigenvalue weighted by molar-refractivity contribution is 7.80. The molecule has 2 aromatic rings. The first-order valence-corrected chi connectivity index (χ1v) is 9.67. The lowest BCUT2D eigenvalue weighted by Crippen LogP contribution is -2.47. The van der Waals surface area contributed by atoms with Gasteiger partial charge in [0.05, 0.1) is 11.3 Å². The van der Waals surface area contributed by atoms with Crippen molar-refractivity contribution in [1.82, 2.24) is 15.1 Å². The highest BCUT2D eigenvalue weighted by Crippen LogP contribution is 2.18. The summed E-state index contributed by atoms with van der Waals surface area (Å²) in [6.07, 6.45) is 0. The van der Waals surface area contributed by atoms with Crippen LogP contribution < -0.4 is 10.6 Å². The molecular formula is C20H21ClN4O2S. The highest BCUT2D eigenvalue weighted by atomic mass is 35.5. The monoisotopic (exact) mass is 416 g/mol. The van der Waals surface area contributed by atoms with Gasteiger partial charge in [-0.15, -0.1) is 0 Å². The summed E-state index contributed by atoms with van der Waals surface area (Å²) in [6, 6.07) is 13.7. The molecule has 0 unspecified atom stereocenters. The van der Waals surface area contributed by atoms with Gasteiger partial charge in [-0.25, -0.2) is 0 Å². The fourth-order valence-electron chi connectivity index (χ4n) is 2.89. The zero-order valence-electron chi connectivity index (χ0n) is 15.4. The zero-order valence-corrected chi connectivity index (χ0v) is 17.0. The van der Waals surface area contributed by atoms with Crippen molar-refractivity contribution in [3.8, 4) is 0 Å². The summed E-state index contributed by atoms with van der Waals surface area (Å²) in [7, 11) is 2.04. The number of carbonyl (C=O) groups excluding carboxylic acids is 2. The van der Waals surface area contributed by atoms with Crippen LogP contribution in [0.1, 0.15) is 20.7 Å². The number of carbonyl (C=O) groups is 2. The van der Waals surface area contributed by atoms with Crippen molar-refractivity contribution in [2.45, 2.75) is 0 Å². The van der Waals surface area contributed by atoms with Crippen molar-refractivity contribution in [3.63, 3.8) is 0 Å². The number of hydrogen-bond donors (Lipinski definition) is 2. The number of thiocarbonyl (C=S) groups is 1. The normalized spacial score (nSPS) is 14.4. The third-order valence-corrected chi connectivity index (χ3v) is 4.99. The topological polar surface area (TPSA) is 64.7 Å². The van der Waals surface area contributed by atoms with Gasteiger partial charge in [0, 0.05) is 36.8 Å². The molecule has 1 saturated heterocycles. The predicted octanol–water partition coefficient (Wildman–Crippen LogP) is 2.85. The number of likely N-dealkylation sites (N-methyl/N-ethyl adjacent to an activating group) is 1.